The van der Waals surface area contributed by atoms with Crippen molar-refractivity contribution in [3.8, 4) is 0 Å². The normalized spacial score (nSPS) is 29.0. The van der Waals surface area contributed by atoms with Crippen LogP contribution in [0, 0.1) is 11.8 Å². The number of ether oxygens (including phenoxy) is 1. The minimum Gasteiger partial charge on any atom is -0.394 e. The number of fused-ring (bicyclic) bond motifs is 2. The second kappa shape index (κ2) is 12.4. The fourth-order valence-corrected chi connectivity index (χ4v) is 8.21. The number of hydrogen-bond acceptors (Lipinski definition) is 5. The first kappa shape index (κ1) is 31.4. The minimum atomic E-state index is -1.43. The Labute approximate surface area is 279 Å². The summed E-state index contributed by atoms with van der Waals surface area (Å²) in [5, 5.41) is 11.4. The van der Waals surface area contributed by atoms with Crippen LogP contribution in [0.2, 0.25) is 5.02 Å². The van der Waals surface area contributed by atoms with Gasteiger partial charge in [0.15, 0.2) is 0 Å². The molecule has 3 aromatic carbocycles. The summed E-state index contributed by atoms with van der Waals surface area (Å²) < 4.78 is 7.13. The van der Waals surface area contributed by atoms with Crippen LogP contribution < -0.4 is 4.90 Å². The van der Waals surface area contributed by atoms with Crippen LogP contribution in [0.25, 0.3) is 0 Å². The predicted octanol–water partition coefficient (Wildman–Crippen LogP) is 4.81. The Hall–Kier alpha value is -4.24. The molecule has 0 radical (unpaired) electrons. The Morgan fingerprint density at radius 1 is 0.830 bits per heavy atom. The zero-order chi connectivity index (χ0) is 32.8. The van der Waals surface area contributed by atoms with E-state index < -0.39 is 35.1 Å². The van der Waals surface area contributed by atoms with Crippen molar-refractivity contribution >= 4 is 35.0 Å². The van der Waals surface area contributed by atoms with Crippen molar-refractivity contribution < 1.29 is 24.2 Å². The molecule has 47 heavy (non-hydrogen) atoms. The number of anilines is 1. The summed E-state index contributed by atoms with van der Waals surface area (Å²) >= 11 is 6.19. The van der Waals surface area contributed by atoms with Crippen molar-refractivity contribution in [3.63, 3.8) is 0 Å². The number of amides is 3. The van der Waals surface area contributed by atoms with E-state index in [-0.39, 0.29) is 30.9 Å². The highest BCUT2D eigenvalue weighted by molar-refractivity contribution is 6.30. The van der Waals surface area contributed by atoms with Gasteiger partial charge in [-0.05, 0) is 48.2 Å². The summed E-state index contributed by atoms with van der Waals surface area (Å²) in [5.41, 5.74) is -0.00138. The van der Waals surface area contributed by atoms with Crippen molar-refractivity contribution in [2.24, 2.45) is 11.8 Å². The van der Waals surface area contributed by atoms with Crippen molar-refractivity contribution in [3.05, 3.63) is 125 Å². The Balaban J connectivity index is 1.35. The number of carbonyl (C=O) groups excluding carboxylic acids is 3. The zero-order valence-electron chi connectivity index (χ0n) is 26.2. The molecule has 8 nitrogen and oxygen atoms in total. The van der Waals surface area contributed by atoms with Crippen LogP contribution in [0.15, 0.2) is 109 Å². The maximum atomic E-state index is 15.0. The molecule has 3 aromatic rings. The van der Waals surface area contributed by atoms with Gasteiger partial charge in [0.25, 0.3) is 5.91 Å². The molecule has 4 aliphatic rings. The van der Waals surface area contributed by atoms with Crippen molar-refractivity contribution in [1.29, 1.82) is 0 Å². The summed E-state index contributed by atoms with van der Waals surface area (Å²) in [6, 6.07) is 24.5. The summed E-state index contributed by atoms with van der Waals surface area (Å²) in [5.74, 6) is -2.72. The number of likely N-dealkylation sites (tertiary alicyclic amines) is 1. The molecular weight excluding hydrogens is 614 g/mol. The minimum absolute atomic E-state index is 0.181. The molecule has 1 unspecified atom stereocenters. The Morgan fingerprint density at radius 2 is 1.49 bits per heavy atom. The summed E-state index contributed by atoms with van der Waals surface area (Å²) in [7, 11) is 0. The number of carbonyl (C=O) groups is 3. The number of benzene rings is 3. The third-order valence-electron chi connectivity index (χ3n) is 10.2. The van der Waals surface area contributed by atoms with Gasteiger partial charge in [0.1, 0.15) is 11.6 Å². The predicted molar refractivity (Wildman–Crippen MR) is 179 cm³/mol. The lowest BCUT2D eigenvalue weighted by Crippen LogP contribution is -2.59. The van der Waals surface area contributed by atoms with Gasteiger partial charge in [0, 0.05) is 30.3 Å². The molecule has 0 bridgehead atoms. The van der Waals surface area contributed by atoms with Crippen LogP contribution in [0.5, 0.6) is 0 Å². The van der Waals surface area contributed by atoms with Gasteiger partial charge < -0.3 is 24.5 Å². The van der Waals surface area contributed by atoms with Gasteiger partial charge in [-0.25, -0.2) is 0 Å². The lowest BCUT2D eigenvalue weighted by molar-refractivity contribution is -0.152. The number of rotatable bonds is 8. The van der Waals surface area contributed by atoms with E-state index in [0.29, 0.717) is 36.6 Å². The molecule has 1 spiro atoms. The van der Waals surface area contributed by atoms with Crippen LogP contribution in [-0.2, 0) is 32.1 Å². The fraction of sp³-hybridized carbons (Fsp3) is 0.342. The van der Waals surface area contributed by atoms with Gasteiger partial charge in [-0.3, -0.25) is 14.4 Å². The number of aliphatic hydroxyl groups excluding tert-OH is 1. The quantitative estimate of drug-likeness (QED) is 0.354. The van der Waals surface area contributed by atoms with Gasteiger partial charge in [-0.2, -0.15) is 0 Å². The molecule has 6 atom stereocenters. The van der Waals surface area contributed by atoms with Gasteiger partial charge in [0.2, 0.25) is 11.8 Å². The third-order valence-corrected chi connectivity index (χ3v) is 10.5. The zero-order valence-corrected chi connectivity index (χ0v) is 27.0. The molecule has 242 valence electrons. The fourth-order valence-electron chi connectivity index (χ4n) is 8.08. The highest BCUT2D eigenvalue weighted by Crippen LogP contribution is 2.59. The standard InChI is InChI=1S/C38H38ClN3O5/c1-2-37-19-9-21-40(24-27-13-7-4-8-14-27)34(44)31(37)32-35(45)42(30(25-43)23-26-11-5-3-6-12-26)33-36(46)41(22-10-20-38(32,33)47-37)29-17-15-28(39)16-18-29/h3-20,30-33,43H,2,21-25H2,1H3/t30-,31+,32+,33?,37-,38+/m1/s1. The highest BCUT2D eigenvalue weighted by Gasteiger charge is 2.76. The van der Waals surface area contributed by atoms with Gasteiger partial charge in [-0.1, -0.05) is 103 Å². The molecule has 0 aromatic heterocycles. The Kier molecular flexibility index (Phi) is 8.28. The maximum absolute atomic E-state index is 15.0. The van der Waals surface area contributed by atoms with E-state index in [4.69, 9.17) is 16.3 Å². The molecule has 3 amide bonds. The van der Waals surface area contributed by atoms with E-state index in [1.165, 1.54) is 4.90 Å². The molecule has 0 saturated carbocycles. The van der Waals surface area contributed by atoms with Crippen LogP contribution in [-0.4, -0.2) is 75.6 Å². The second-order valence-electron chi connectivity index (χ2n) is 12.8. The van der Waals surface area contributed by atoms with E-state index >= 15 is 4.79 Å². The van der Waals surface area contributed by atoms with E-state index in [0.717, 1.165) is 11.1 Å². The van der Waals surface area contributed by atoms with Gasteiger partial charge in [0.05, 0.1) is 30.1 Å². The van der Waals surface area contributed by atoms with Crippen LogP contribution in [0.4, 0.5) is 5.69 Å². The molecular formula is C38H38ClN3O5. The lowest BCUT2D eigenvalue weighted by Gasteiger charge is -2.41. The van der Waals surface area contributed by atoms with E-state index in [1.54, 1.807) is 34.1 Å². The SMILES string of the molecule is CC[C@@]12C=CCN(Cc3ccccc3)C(=O)[C@@H]1[C@H]1C(=O)N([C@@H](CO)Cc3ccccc3)C3C(=O)N(c4ccc(Cl)cc4)CC=C[C@@]31O2. The van der Waals surface area contributed by atoms with Crippen molar-refractivity contribution in [1.82, 2.24) is 9.80 Å². The van der Waals surface area contributed by atoms with E-state index in [1.807, 2.05) is 91.9 Å². The topological polar surface area (TPSA) is 90.4 Å². The van der Waals surface area contributed by atoms with Crippen molar-refractivity contribution in [2.45, 2.75) is 49.6 Å². The molecule has 4 heterocycles. The number of nitrogens with zero attached hydrogens (tertiary/aromatic N) is 3. The van der Waals surface area contributed by atoms with Gasteiger partial charge in [-0.15, -0.1) is 0 Å². The number of halogens is 1. The van der Waals surface area contributed by atoms with Gasteiger partial charge >= 0.3 is 0 Å². The molecule has 0 aliphatic carbocycles. The maximum Gasteiger partial charge on any atom is 0.253 e. The Bertz CT molecular complexity index is 1710. The first-order chi connectivity index (χ1) is 22.8. The number of aliphatic hydroxyl groups is 1. The molecule has 2 saturated heterocycles. The lowest BCUT2D eigenvalue weighted by atomic mass is 9.73. The average molecular weight is 652 g/mol. The largest absolute Gasteiger partial charge is 0.394 e. The van der Waals surface area contributed by atoms with E-state index in [9.17, 15) is 14.7 Å². The monoisotopic (exact) mass is 651 g/mol. The first-order valence-corrected chi connectivity index (χ1v) is 16.6. The smallest absolute Gasteiger partial charge is 0.253 e. The molecule has 4 aliphatic heterocycles. The summed E-state index contributed by atoms with van der Waals surface area (Å²) in [4.78, 5) is 49.6. The first-order valence-electron chi connectivity index (χ1n) is 16.2. The molecule has 9 heteroatoms. The molecule has 2 fully saturated rings. The summed E-state index contributed by atoms with van der Waals surface area (Å²) in [6.45, 7) is 2.60. The van der Waals surface area contributed by atoms with E-state index in [2.05, 4.69) is 0 Å². The average Bonchev–Trinajstić information content (AvgIpc) is 3.39. The highest BCUT2D eigenvalue weighted by atomic mass is 35.5. The summed E-state index contributed by atoms with van der Waals surface area (Å²) in [6.07, 6.45) is 8.38. The van der Waals surface area contributed by atoms with Crippen molar-refractivity contribution in [2.75, 3.05) is 24.6 Å². The Morgan fingerprint density at radius 3 is 2.15 bits per heavy atom. The van der Waals surface area contributed by atoms with Crippen LogP contribution >= 0.6 is 11.6 Å². The molecule has 1 N–H and O–H groups in total. The number of hydrogen-bond donors (Lipinski definition) is 1. The third kappa shape index (κ3) is 5.19. The molecule has 7 rings (SSSR count). The second-order valence-corrected chi connectivity index (χ2v) is 13.3. The van der Waals surface area contributed by atoms with Crippen LogP contribution in [0.3, 0.4) is 0 Å². The van der Waals surface area contributed by atoms with Crippen LogP contribution in [0.1, 0.15) is 24.5 Å².